The van der Waals surface area contributed by atoms with Crippen LogP contribution in [-0.4, -0.2) is 83.9 Å². The van der Waals surface area contributed by atoms with Crippen molar-refractivity contribution in [3.05, 3.63) is 160 Å². The van der Waals surface area contributed by atoms with Gasteiger partial charge in [0.05, 0.1) is 5.69 Å². The van der Waals surface area contributed by atoms with Gasteiger partial charge in [-0.3, -0.25) is 0 Å². The van der Waals surface area contributed by atoms with Crippen molar-refractivity contribution in [2.45, 2.75) is 94.5 Å². The van der Waals surface area contributed by atoms with Crippen molar-refractivity contribution >= 4 is 61.0 Å². The van der Waals surface area contributed by atoms with Crippen LogP contribution in [0.15, 0.2) is 137 Å². The fourth-order valence-electron chi connectivity index (χ4n) is 8.54. The average molecular weight is 1130 g/mol. The van der Waals surface area contributed by atoms with Gasteiger partial charge in [0.15, 0.2) is 0 Å². The van der Waals surface area contributed by atoms with E-state index in [1.165, 1.54) is 33.4 Å². The van der Waals surface area contributed by atoms with Gasteiger partial charge < -0.3 is 25.3 Å². The van der Waals surface area contributed by atoms with E-state index in [-0.39, 0.29) is 27.7 Å². The Balaban J connectivity index is 0.000000157. The quantitative estimate of drug-likeness (QED) is 0.0437. The Labute approximate surface area is 447 Å². The van der Waals surface area contributed by atoms with Crippen LogP contribution in [0.1, 0.15) is 46.2 Å². The maximum Gasteiger partial charge on any atom is 0.248 e. The van der Waals surface area contributed by atoms with Crippen LogP contribution in [0.5, 0.6) is 11.8 Å². The molecule has 0 radical (unpaired) electrons. The molecule has 4 N–H and O–H groups in total. The number of pyridine rings is 2. The predicted octanol–water partition coefficient (Wildman–Crippen LogP) is 10.2. The molecule has 2 aliphatic carbocycles. The number of hydrogen-bond acceptors (Lipinski definition) is 15. The topological polar surface area (TPSA) is 232 Å². The van der Waals surface area contributed by atoms with E-state index >= 15 is 0 Å². The molecule has 0 aliphatic heterocycles. The average Bonchev–Trinajstić information content (AvgIpc) is 4.24. The Morgan fingerprint density at radius 2 is 1.27 bits per heavy atom. The molecule has 4 aromatic heterocycles. The summed E-state index contributed by atoms with van der Waals surface area (Å²) in [7, 11) is -8.01. The SMILES string of the molecule is CS(=O)(=O)c1nc(Nc2c(-c3ccnc(OCc4ccccc4)c3)ccc3c2CCC3)n[nH]1.C[Si](C)(C)CCOCn1nc(Br)nc1S(C)(=O)=O.Nc1c(-c2ccnc(OCc3ccccc3)c2)ccc2c1CCC2. The number of nitrogens with one attached hydrogen (secondary N) is 2. The molecule has 0 bridgehead atoms. The number of nitrogens with zero attached hydrogens (tertiary/aromatic N) is 7. The van der Waals surface area contributed by atoms with E-state index in [1.807, 2.05) is 84.9 Å². The maximum atomic E-state index is 11.8. The summed E-state index contributed by atoms with van der Waals surface area (Å²) in [5, 5.41) is 13.5. The zero-order chi connectivity index (χ0) is 53.2. The minimum absolute atomic E-state index is 0.0811. The van der Waals surface area contributed by atoms with Gasteiger partial charge in [-0.2, -0.15) is 9.97 Å². The smallest absolute Gasteiger partial charge is 0.248 e. The van der Waals surface area contributed by atoms with Crippen molar-refractivity contribution in [1.29, 1.82) is 0 Å². The fraction of sp³-hybridized carbons (Fsp3) is 0.296. The van der Waals surface area contributed by atoms with Crippen molar-refractivity contribution in [2.75, 3.05) is 30.2 Å². The number of aromatic nitrogens is 8. The van der Waals surface area contributed by atoms with Gasteiger partial charge in [0.25, 0.3) is 0 Å². The van der Waals surface area contributed by atoms with Crippen LogP contribution in [0.2, 0.25) is 25.7 Å². The molecule has 21 heteroatoms. The van der Waals surface area contributed by atoms with Crippen LogP contribution in [0.3, 0.4) is 0 Å². The molecule has 0 spiro atoms. The standard InChI is InChI=1S/C24H23N5O3S.C21H20N2O.C9H18BrN3O3SSi/c1-33(30,31)24-27-23(28-29-24)26-22-19-9-5-8-17(19)10-11-20(22)18-12-13-25-21(14-18)32-15-16-6-3-2-4-7-16;22-21-18-8-4-7-16(18)9-10-19(21)17-11-12-23-20(13-17)24-14-15-5-2-1-3-6-15;1-17(14,15)9-11-8(10)12-13(9)7-16-5-6-18(2,3)4/h2-4,6-7,10-14H,5,8-9,15H2,1H3,(H2,26,27,28,29);1-3,5-6,9-13H,4,7-8,14,22H2;5-7H2,1-4H3. The first-order valence-electron chi connectivity index (χ1n) is 24.5. The van der Waals surface area contributed by atoms with E-state index in [0.717, 1.165) is 95.4 Å². The molecule has 0 saturated carbocycles. The molecule has 10 rings (SSSR count). The van der Waals surface area contributed by atoms with Crippen molar-refractivity contribution in [2.24, 2.45) is 0 Å². The Morgan fingerprint density at radius 1 is 0.707 bits per heavy atom. The number of benzene rings is 4. The number of H-pyrrole nitrogens is 1. The van der Waals surface area contributed by atoms with Crippen LogP contribution >= 0.6 is 15.9 Å². The molecule has 4 heterocycles. The second kappa shape index (κ2) is 24.3. The Kier molecular flexibility index (Phi) is 17.6. The second-order valence-corrected chi connectivity index (χ2v) is 29.6. The number of fused-ring (bicyclic) bond motifs is 2. The summed E-state index contributed by atoms with van der Waals surface area (Å²) >= 11 is 3.06. The number of nitrogens with two attached hydrogens (primary N) is 1. The van der Waals surface area contributed by atoms with E-state index in [9.17, 15) is 16.8 Å². The number of sulfone groups is 2. The lowest BCUT2D eigenvalue weighted by molar-refractivity contribution is 0.0713. The van der Waals surface area contributed by atoms with Crippen LogP contribution in [0.4, 0.5) is 17.3 Å². The van der Waals surface area contributed by atoms with Gasteiger partial charge in [-0.05, 0) is 117 Å². The van der Waals surface area contributed by atoms with Gasteiger partial charge in [0.2, 0.25) is 52.4 Å². The number of aryl methyl sites for hydroxylation is 2. The summed E-state index contributed by atoms with van der Waals surface area (Å²) in [6, 6.07) is 37.4. The Morgan fingerprint density at radius 3 is 1.83 bits per heavy atom. The zero-order valence-corrected chi connectivity index (χ0v) is 46.8. The van der Waals surface area contributed by atoms with Gasteiger partial charge in [-0.1, -0.05) is 105 Å². The highest BCUT2D eigenvalue weighted by Gasteiger charge is 2.23. The molecule has 4 aromatic carbocycles. The Bertz CT molecular complexity index is 3470. The summed E-state index contributed by atoms with van der Waals surface area (Å²) in [6.45, 7) is 8.41. The van der Waals surface area contributed by atoms with E-state index in [0.29, 0.717) is 31.6 Å². The minimum Gasteiger partial charge on any atom is -0.473 e. The minimum atomic E-state index is -3.48. The lowest BCUT2D eigenvalue weighted by atomic mass is 9.98. The van der Waals surface area contributed by atoms with Crippen molar-refractivity contribution in [3.63, 3.8) is 0 Å². The monoisotopic (exact) mass is 1130 g/mol. The molecule has 0 saturated heterocycles. The highest BCUT2D eigenvalue weighted by atomic mass is 79.9. The van der Waals surface area contributed by atoms with E-state index in [4.69, 9.17) is 19.9 Å². The molecule has 0 fully saturated rings. The van der Waals surface area contributed by atoms with Crippen LogP contribution in [-0.2, 0) is 70.0 Å². The first-order chi connectivity index (χ1) is 35.9. The predicted molar refractivity (Wildman–Crippen MR) is 297 cm³/mol. The summed E-state index contributed by atoms with van der Waals surface area (Å²) in [6.07, 6.45) is 12.1. The van der Waals surface area contributed by atoms with Crippen molar-refractivity contribution < 1.29 is 31.0 Å². The first-order valence-corrected chi connectivity index (χ1v) is 32.7. The number of anilines is 3. The van der Waals surface area contributed by atoms with Gasteiger partial charge in [-0.15, -0.1) is 10.2 Å². The highest BCUT2D eigenvalue weighted by molar-refractivity contribution is 9.10. The van der Waals surface area contributed by atoms with Crippen molar-refractivity contribution in [1.82, 2.24) is 39.9 Å². The van der Waals surface area contributed by atoms with Gasteiger partial charge >= 0.3 is 0 Å². The molecular weight excluding hydrogens is 1070 g/mol. The van der Waals surface area contributed by atoms with Gasteiger partial charge in [0.1, 0.15) is 19.9 Å². The fourth-order valence-corrected chi connectivity index (χ4v) is 11.0. The number of aromatic amines is 1. The highest BCUT2D eigenvalue weighted by Crippen LogP contribution is 2.40. The van der Waals surface area contributed by atoms with E-state index < -0.39 is 27.7 Å². The number of rotatable bonds is 17. The number of hydrogen-bond donors (Lipinski definition) is 3. The third kappa shape index (κ3) is 15.0. The summed E-state index contributed by atoms with van der Waals surface area (Å²) < 4.78 is 65.2. The molecule has 75 heavy (non-hydrogen) atoms. The van der Waals surface area contributed by atoms with E-state index in [2.05, 4.69) is 100 Å². The molecule has 2 aliphatic rings. The van der Waals surface area contributed by atoms with Gasteiger partial charge in [0, 0.05) is 68.5 Å². The Hall–Kier alpha value is -6.78. The summed E-state index contributed by atoms with van der Waals surface area (Å²) in [5.74, 6) is 1.36. The van der Waals surface area contributed by atoms with Crippen LogP contribution in [0.25, 0.3) is 22.3 Å². The third-order valence-electron chi connectivity index (χ3n) is 12.4. The van der Waals surface area contributed by atoms with E-state index in [1.54, 1.807) is 12.4 Å². The third-order valence-corrected chi connectivity index (χ3v) is 16.3. The summed E-state index contributed by atoms with van der Waals surface area (Å²) in [5.41, 5.74) is 19.6. The zero-order valence-electron chi connectivity index (χ0n) is 42.6. The molecule has 0 unspecified atom stereocenters. The summed E-state index contributed by atoms with van der Waals surface area (Å²) in [4.78, 5) is 16.6. The van der Waals surface area contributed by atoms with Gasteiger partial charge in [-0.25, -0.2) is 36.6 Å². The number of halogens is 1. The second-order valence-electron chi connectivity index (χ2n) is 19.5. The van der Waals surface area contributed by atoms with Crippen molar-refractivity contribution in [3.8, 4) is 34.0 Å². The number of nitrogen functional groups attached to an aromatic ring is 1. The molecule has 8 aromatic rings. The lowest BCUT2D eigenvalue weighted by Gasteiger charge is -2.16. The molecule has 17 nitrogen and oxygen atoms in total. The van der Waals surface area contributed by atoms with Crippen LogP contribution in [0, 0.1) is 0 Å². The maximum absolute atomic E-state index is 11.8. The number of ether oxygens (including phenoxy) is 3. The molecule has 0 amide bonds. The molecule has 0 atom stereocenters. The molecular formula is C54H61BrN10O7S2Si. The molecule has 392 valence electrons. The largest absolute Gasteiger partial charge is 0.473 e. The normalized spacial score (nSPS) is 12.9. The lowest BCUT2D eigenvalue weighted by Crippen LogP contribution is -2.22. The first kappa shape index (κ1) is 54.5. The van der Waals surface area contributed by atoms with Crippen LogP contribution < -0.4 is 20.5 Å².